The molecule has 2 aliphatic heterocycles. The summed E-state index contributed by atoms with van der Waals surface area (Å²) in [4.78, 5) is 13.9. The van der Waals surface area contributed by atoms with Gasteiger partial charge in [-0.25, -0.2) is 0 Å². The van der Waals surface area contributed by atoms with Crippen molar-refractivity contribution in [2.45, 2.75) is 50.2 Å². The van der Waals surface area contributed by atoms with E-state index in [1.165, 1.54) is 37.7 Å². The maximum atomic E-state index is 12.0. The number of hydrogen-bond acceptors (Lipinski definition) is 2. The number of para-hydroxylation sites is 1. The van der Waals surface area contributed by atoms with Gasteiger partial charge in [0.2, 0.25) is 5.91 Å². The quantitative estimate of drug-likeness (QED) is 0.724. The van der Waals surface area contributed by atoms with Crippen LogP contribution in [0, 0.1) is 5.41 Å². The van der Waals surface area contributed by atoms with Gasteiger partial charge in [-0.3, -0.25) is 4.79 Å². The SMILES string of the molecule is CC(=O)N1CC2(OC3(CC3)C23CCC3)c2ccccc21. The Balaban J connectivity index is 1.68. The number of fused-ring (bicyclic) bond motifs is 4. The molecule has 20 heavy (non-hydrogen) atoms. The van der Waals surface area contributed by atoms with Crippen LogP contribution in [0.1, 0.15) is 44.6 Å². The lowest BCUT2D eigenvalue weighted by atomic mass is 9.49. The number of benzene rings is 1. The van der Waals surface area contributed by atoms with Gasteiger partial charge in [0, 0.05) is 23.6 Å². The van der Waals surface area contributed by atoms with Crippen LogP contribution >= 0.6 is 0 Å². The van der Waals surface area contributed by atoms with E-state index in [0.717, 1.165) is 12.2 Å². The highest BCUT2D eigenvalue weighted by Gasteiger charge is 2.83. The second-order valence-electron chi connectivity index (χ2n) is 6.98. The summed E-state index contributed by atoms with van der Waals surface area (Å²) in [6.07, 6.45) is 6.29. The summed E-state index contributed by atoms with van der Waals surface area (Å²) in [6, 6.07) is 8.34. The smallest absolute Gasteiger partial charge is 0.223 e. The average molecular weight is 269 g/mol. The van der Waals surface area contributed by atoms with Gasteiger partial charge in [-0.05, 0) is 31.7 Å². The van der Waals surface area contributed by atoms with Crippen molar-refractivity contribution < 1.29 is 9.53 Å². The molecular weight excluding hydrogens is 250 g/mol. The van der Waals surface area contributed by atoms with Crippen molar-refractivity contribution >= 4 is 11.6 Å². The minimum Gasteiger partial charge on any atom is -0.360 e. The van der Waals surface area contributed by atoms with E-state index in [2.05, 4.69) is 18.2 Å². The third kappa shape index (κ3) is 0.946. The van der Waals surface area contributed by atoms with E-state index in [1.54, 1.807) is 6.92 Å². The Hall–Kier alpha value is -1.35. The molecule has 3 spiro atoms. The zero-order chi connectivity index (χ0) is 13.6. The van der Waals surface area contributed by atoms with Crippen LogP contribution < -0.4 is 4.90 Å². The molecule has 1 aromatic rings. The number of nitrogens with zero attached hydrogens (tertiary/aromatic N) is 1. The van der Waals surface area contributed by atoms with E-state index in [4.69, 9.17) is 4.74 Å². The molecule has 1 amide bonds. The van der Waals surface area contributed by atoms with E-state index in [1.807, 2.05) is 11.0 Å². The van der Waals surface area contributed by atoms with Crippen LogP contribution in [0.25, 0.3) is 0 Å². The minimum absolute atomic E-state index is 0.129. The zero-order valence-corrected chi connectivity index (χ0v) is 11.8. The Kier molecular flexibility index (Phi) is 1.76. The Labute approximate surface area is 118 Å². The van der Waals surface area contributed by atoms with Crippen molar-refractivity contribution in [1.29, 1.82) is 0 Å². The lowest BCUT2D eigenvalue weighted by Crippen LogP contribution is -2.72. The van der Waals surface area contributed by atoms with Crippen molar-refractivity contribution in [1.82, 2.24) is 0 Å². The molecule has 1 unspecified atom stereocenters. The first kappa shape index (κ1) is 11.3. The molecular formula is C17H19NO2. The summed E-state index contributed by atoms with van der Waals surface area (Å²) < 4.78 is 6.56. The highest BCUT2D eigenvalue weighted by molar-refractivity contribution is 5.95. The molecule has 5 rings (SSSR count). The van der Waals surface area contributed by atoms with Crippen LogP contribution in [-0.4, -0.2) is 18.1 Å². The maximum Gasteiger partial charge on any atom is 0.223 e. The third-order valence-corrected chi connectivity index (χ3v) is 6.32. The highest BCUT2D eigenvalue weighted by atomic mass is 16.6. The van der Waals surface area contributed by atoms with Crippen molar-refractivity contribution in [2.75, 3.05) is 11.4 Å². The summed E-state index contributed by atoms with van der Waals surface area (Å²) in [5.74, 6) is 0.129. The van der Waals surface area contributed by atoms with Crippen LogP contribution in [-0.2, 0) is 15.1 Å². The van der Waals surface area contributed by atoms with E-state index in [-0.39, 0.29) is 17.1 Å². The monoisotopic (exact) mass is 269 g/mol. The van der Waals surface area contributed by atoms with E-state index < -0.39 is 0 Å². The number of carbonyl (C=O) groups is 1. The summed E-state index contributed by atoms with van der Waals surface area (Å²) >= 11 is 0. The number of ether oxygens (including phenoxy) is 1. The van der Waals surface area contributed by atoms with Crippen molar-refractivity contribution in [3.63, 3.8) is 0 Å². The fourth-order valence-electron chi connectivity index (χ4n) is 5.16. The Morgan fingerprint density at radius 1 is 1.20 bits per heavy atom. The first-order chi connectivity index (χ1) is 9.64. The molecule has 1 saturated heterocycles. The topological polar surface area (TPSA) is 29.5 Å². The Morgan fingerprint density at radius 2 is 1.95 bits per heavy atom. The predicted octanol–water partition coefficient (Wildman–Crippen LogP) is 2.98. The molecule has 104 valence electrons. The predicted molar refractivity (Wildman–Crippen MR) is 75.5 cm³/mol. The second kappa shape index (κ2) is 3.11. The number of carbonyl (C=O) groups excluding carboxylic acids is 1. The maximum absolute atomic E-state index is 12.0. The molecule has 2 aliphatic carbocycles. The summed E-state index contributed by atoms with van der Waals surface area (Å²) in [5, 5.41) is 0. The lowest BCUT2D eigenvalue weighted by molar-refractivity contribution is -0.367. The van der Waals surface area contributed by atoms with E-state index in [9.17, 15) is 4.79 Å². The first-order valence-electron chi connectivity index (χ1n) is 7.72. The van der Waals surface area contributed by atoms with Crippen molar-refractivity contribution in [3.8, 4) is 0 Å². The van der Waals surface area contributed by atoms with E-state index in [0.29, 0.717) is 5.41 Å². The Bertz CT molecular complexity index is 630. The Morgan fingerprint density at radius 3 is 2.55 bits per heavy atom. The van der Waals surface area contributed by atoms with Gasteiger partial charge in [-0.1, -0.05) is 24.6 Å². The van der Waals surface area contributed by atoms with Crippen LogP contribution in [0.5, 0.6) is 0 Å². The van der Waals surface area contributed by atoms with Gasteiger partial charge < -0.3 is 9.64 Å². The molecule has 4 aliphatic rings. The van der Waals surface area contributed by atoms with Crippen LogP contribution in [0.4, 0.5) is 5.69 Å². The van der Waals surface area contributed by atoms with Gasteiger partial charge in [-0.15, -0.1) is 0 Å². The standard InChI is InChI=1S/C17H19NO2/c1-12(19)18-11-17(13-5-2-3-6-14(13)18)15(7-4-8-15)16(20-17)9-10-16/h2-3,5-6H,4,7-11H2,1H3. The molecule has 2 saturated carbocycles. The highest BCUT2D eigenvalue weighted by Crippen LogP contribution is 2.80. The molecule has 1 atom stereocenters. The molecule has 3 heteroatoms. The average Bonchev–Trinajstić information content (AvgIpc) is 3.06. The molecule has 0 aromatic heterocycles. The van der Waals surface area contributed by atoms with Gasteiger partial charge >= 0.3 is 0 Å². The number of hydrogen-bond donors (Lipinski definition) is 0. The minimum atomic E-state index is -0.204. The van der Waals surface area contributed by atoms with Gasteiger partial charge in [0.15, 0.2) is 0 Å². The number of rotatable bonds is 0. The van der Waals surface area contributed by atoms with Crippen LogP contribution in [0.3, 0.4) is 0 Å². The summed E-state index contributed by atoms with van der Waals surface area (Å²) in [5.41, 5.74) is 2.62. The summed E-state index contributed by atoms with van der Waals surface area (Å²) in [6.45, 7) is 2.39. The van der Waals surface area contributed by atoms with Crippen molar-refractivity contribution in [3.05, 3.63) is 29.8 Å². The molecule has 0 radical (unpaired) electrons. The van der Waals surface area contributed by atoms with Crippen molar-refractivity contribution in [2.24, 2.45) is 5.41 Å². The van der Waals surface area contributed by atoms with Gasteiger partial charge in [0.1, 0.15) is 5.60 Å². The van der Waals surface area contributed by atoms with E-state index >= 15 is 0 Å². The molecule has 3 fully saturated rings. The number of anilines is 1. The molecule has 1 aromatic carbocycles. The van der Waals surface area contributed by atoms with Crippen LogP contribution in [0.15, 0.2) is 24.3 Å². The summed E-state index contributed by atoms with van der Waals surface area (Å²) in [7, 11) is 0. The van der Waals surface area contributed by atoms with Gasteiger partial charge in [0.25, 0.3) is 0 Å². The molecule has 2 heterocycles. The van der Waals surface area contributed by atoms with Gasteiger partial charge in [-0.2, -0.15) is 0 Å². The number of amides is 1. The lowest BCUT2D eigenvalue weighted by Gasteiger charge is -2.68. The fraction of sp³-hybridized carbons (Fsp3) is 0.588. The fourth-order valence-corrected chi connectivity index (χ4v) is 5.16. The largest absolute Gasteiger partial charge is 0.360 e. The third-order valence-electron chi connectivity index (χ3n) is 6.32. The first-order valence-corrected chi connectivity index (χ1v) is 7.72. The van der Waals surface area contributed by atoms with Crippen LogP contribution in [0.2, 0.25) is 0 Å². The second-order valence-corrected chi connectivity index (χ2v) is 6.98. The van der Waals surface area contributed by atoms with Gasteiger partial charge in [0.05, 0.1) is 12.1 Å². The molecule has 0 N–H and O–H groups in total. The normalized spacial score (nSPS) is 34.0. The zero-order valence-electron chi connectivity index (χ0n) is 11.8. The molecule has 3 nitrogen and oxygen atoms in total. The molecule has 0 bridgehead atoms.